The van der Waals surface area contributed by atoms with E-state index in [1.54, 1.807) is 6.92 Å². The zero-order valence-corrected chi connectivity index (χ0v) is 7.37. The predicted octanol–water partition coefficient (Wildman–Crippen LogP) is 0.739. The highest BCUT2D eigenvalue weighted by Crippen LogP contribution is 2.03. The van der Waals surface area contributed by atoms with Crippen molar-refractivity contribution in [3.8, 4) is 0 Å². The summed E-state index contributed by atoms with van der Waals surface area (Å²) in [5.74, 6) is 0.633. The van der Waals surface area contributed by atoms with Crippen LogP contribution in [0.15, 0.2) is 0 Å². The van der Waals surface area contributed by atoms with Crippen molar-refractivity contribution >= 4 is 22.5 Å². The normalized spacial score (nSPS) is 15.4. The molecule has 0 radical (unpaired) electrons. The molecule has 0 aliphatic rings. The quantitative estimate of drug-likeness (QED) is 0.631. The van der Waals surface area contributed by atoms with Crippen LogP contribution in [0.1, 0.15) is 13.3 Å². The Hall–Kier alpha value is 0.300. The topological polar surface area (TPSA) is 34.1 Å². The summed E-state index contributed by atoms with van der Waals surface area (Å²) in [6, 6.07) is 0. The van der Waals surface area contributed by atoms with Crippen molar-refractivity contribution in [2.75, 3.05) is 12.0 Å². The zero-order chi connectivity index (χ0) is 7.49. The molecule has 0 bridgehead atoms. The fourth-order valence-corrected chi connectivity index (χ4v) is 1.50. The van der Waals surface area contributed by atoms with Crippen molar-refractivity contribution in [3.63, 3.8) is 0 Å². The molecule has 0 N–H and O–H groups in total. The SMILES string of the molecule is CC(CCS)S(C)(=O)=O. The van der Waals surface area contributed by atoms with Crippen molar-refractivity contribution < 1.29 is 8.42 Å². The van der Waals surface area contributed by atoms with Crippen LogP contribution in [-0.4, -0.2) is 25.7 Å². The van der Waals surface area contributed by atoms with Crippen LogP contribution < -0.4 is 0 Å². The molecule has 0 rings (SSSR count). The first-order valence-electron chi connectivity index (χ1n) is 2.78. The molecule has 1 unspecified atom stereocenters. The second kappa shape index (κ2) is 3.46. The van der Waals surface area contributed by atoms with Crippen LogP contribution in [0.25, 0.3) is 0 Å². The van der Waals surface area contributed by atoms with Gasteiger partial charge in [-0.2, -0.15) is 12.6 Å². The standard InChI is InChI=1S/C5H12O2S2/c1-5(3-4-8)9(2,6)7/h5,8H,3-4H2,1-2H3. The molecule has 0 saturated heterocycles. The molecule has 0 spiro atoms. The Kier molecular flexibility index (Phi) is 3.58. The predicted molar refractivity (Wildman–Crippen MR) is 42.8 cm³/mol. The lowest BCUT2D eigenvalue weighted by atomic mass is 10.4. The Labute approximate surface area is 62.0 Å². The van der Waals surface area contributed by atoms with Gasteiger partial charge in [0.05, 0.1) is 5.25 Å². The van der Waals surface area contributed by atoms with Crippen LogP contribution in [0.3, 0.4) is 0 Å². The zero-order valence-electron chi connectivity index (χ0n) is 5.66. The van der Waals surface area contributed by atoms with Crippen LogP contribution in [0.4, 0.5) is 0 Å². The maximum Gasteiger partial charge on any atom is 0.150 e. The van der Waals surface area contributed by atoms with Crippen molar-refractivity contribution in [1.29, 1.82) is 0 Å². The average Bonchev–Trinajstić information content (AvgIpc) is 1.64. The van der Waals surface area contributed by atoms with E-state index in [1.165, 1.54) is 6.26 Å². The van der Waals surface area contributed by atoms with Crippen LogP contribution in [0.2, 0.25) is 0 Å². The van der Waals surface area contributed by atoms with Crippen LogP contribution in [0.5, 0.6) is 0 Å². The highest BCUT2D eigenvalue weighted by Gasteiger charge is 2.12. The summed E-state index contributed by atoms with van der Waals surface area (Å²) in [5, 5.41) is -0.241. The first kappa shape index (κ1) is 9.30. The van der Waals surface area contributed by atoms with E-state index >= 15 is 0 Å². The van der Waals surface area contributed by atoms with E-state index < -0.39 is 9.84 Å². The molecule has 9 heavy (non-hydrogen) atoms. The first-order chi connectivity index (χ1) is 3.98. The molecule has 1 atom stereocenters. The van der Waals surface area contributed by atoms with E-state index in [1.807, 2.05) is 0 Å². The van der Waals surface area contributed by atoms with Gasteiger partial charge in [-0.15, -0.1) is 0 Å². The third kappa shape index (κ3) is 3.81. The van der Waals surface area contributed by atoms with E-state index in [4.69, 9.17) is 0 Å². The summed E-state index contributed by atoms with van der Waals surface area (Å²) >= 11 is 3.93. The molecule has 0 aromatic rings. The molecule has 2 nitrogen and oxygen atoms in total. The third-order valence-electron chi connectivity index (χ3n) is 1.27. The summed E-state index contributed by atoms with van der Waals surface area (Å²) in [4.78, 5) is 0. The van der Waals surface area contributed by atoms with E-state index in [0.29, 0.717) is 12.2 Å². The molecule has 0 fully saturated rings. The molecular formula is C5H12O2S2. The minimum Gasteiger partial charge on any atom is -0.229 e. The van der Waals surface area contributed by atoms with Gasteiger partial charge in [-0.05, 0) is 19.1 Å². The Balaban J connectivity index is 3.90. The molecule has 0 aliphatic carbocycles. The molecule has 0 aromatic carbocycles. The lowest BCUT2D eigenvalue weighted by Crippen LogP contribution is -2.15. The lowest BCUT2D eigenvalue weighted by molar-refractivity contribution is 0.587. The second-order valence-corrected chi connectivity index (χ2v) is 5.06. The Morgan fingerprint density at radius 2 is 2.00 bits per heavy atom. The van der Waals surface area contributed by atoms with Crippen LogP contribution in [-0.2, 0) is 9.84 Å². The monoisotopic (exact) mass is 168 g/mol. The maximum atomic E-state index is 10.7. The van der Waals surface area contributed by atoms with Crippen molar-refractivity contribution in [2.24, 2.45) is 0 Å². The Morgan fingerprint density at radius 1 is 1.56 bits per heavy atom. The Bertz CT molecular complexity index is 160. The molecule has 4 heteroatoms. The minimum absolute atomic E-state index is 0.241. The average molecular weight is 168 g/mol. The minimum atomic E-state index is -2.81. The van der Waals surface area contributed by atoms with Gasteiger partial charge in [0.25, 0.3) is 0 Å². The second-order valence-electron chi connectivity index (χ2n) is 2.15. The number of sulfone groups is 1. The molecule has 0 heterocycles. The molecule has 0 aliphatic heterocycles. The number of rotatable bonds is 3. The highest BCUT2D eigenvalue weighted by molar-refractivity contribution is 7.91. The van der Waals surface area contributed by atoms with Crippen molar-refractivity contribution in [1.82, 2.24) is 0 Å². The molecule has 0 saturated carbocycles. The molecule has 0 amide bonds. The van der Waals surface area contributed by atoms with E-state index in [2.05, 4.69) is 12.6 Å². The summed E-state index contributed by atoms with van der Waals surface area (Å²) in [5.41, 5.74) is 0. The summed E-state index contributed by atoms with van der Waals surface area (Å²) in [6.45, 7) is 1.70. The lowest BCUT2D eigenvalue weighted by Gasteiger charge is -2.04. The van der Waals surface area contributed by atoms with Gasteiger partial charge in [-0.25, -0.2) is 8.42 Å². The first-order valence-corrected chi connectivity index (χ1v) is 5.37. The van der Waals surface area contributed by atoms with Crippen molar-refractivity contribution in [3.05, 3.63) is 0 Å². The molecule has 56 valence electrons. The van der Waals surface area contributed by atoms with Crippen molar-refractivity contribution in [2.45, 2.75) is 18.6 Å². The molecule has 0 aromatic heterocycles. The van der Waals surface area contributed by atoms with Gasteiger partial charge < -0.3 is 0 Å². The van der Waals surface area contributed by atoms with Gasteiger partial charge >= 0.3 is 0 Å². The van der Waals surface area contributed by atoms with E-state index in [9.17, 15) is 8.42 Å². The maximum absolute atomic E-state index is 10.7. The summed E-state index contributed by atoms with van der Waals surface area (Å²) < 4.78 is 21.4. The highest BCUT2D eigenvalue weighted by atomic mass is 32.2. The van der Waals surface area contributed by atoms with Gasteiger partial charge in [0.1, 0.15) is 9.84 Å². The van der Waals surface area contributed by atoms with E-state index in [-0.39, 0.29) is 5.25 Å². The third-order valence-corrected chi connectivity index (χ3v) is 3.22. The number of thiol groups is 1. The summed E-state index contributed by atoms with van der Waals surface area (Å²) in [6.07, 6.45) is 1.89. The molecular weight excluding hydrogens is 156 g/mol. The van der Waals surface area contributed by atoms with Crippen LogP contribution in [0, 0.1) is 0 Å². The van der Waals surface area contributed by atoms with Gasteiger partial charge in [0.15, 0.2) is 0 Å². The van der Waals surface area contributed by atoms with E-state index in [0.717, 1.165) is 0 Å². The fourth-order valence-electron chi connectivity index (χ4n) is 0.396. The largest absolute Gasteiger partial charge is 0.229 e. The number of hydrogen-bond donors (Lipinski definition) is 1. The smallest absolute Gasteiger partial charge is 0.150 e. The fraction of sp³-hybridized carbons (Fsp3) is 1.00. The van der Waals surface area contributed by atoms with Gasteiger partial charge in [0, 0.05) is 6.26 Å². The summed E-state index contributed by atoms with van der Waals surface area (Å²) in [7, 11) is -2.81. The Morgan fingerprint density at radius 3 is 2.11 bits per heavy atom. The van der Waals surface area contributed by atoms with Gasteiger partial charge in [0.2, 0.25) is 0 Å². The van der Waals surface area contributed by atoms with Crippen LogP contribution >= 0.6 is 12.6 Å². The van der Waals surface area contributed by atoms with Gasteiger partial charge in [-0.3, -0.25) is 0 Å². The number of hydrogen-bond acceptors (Lipinski definition) is 3. The van der Waals surface area contributed by atoms with Gasteiger partial charge in [-0.1, -0.05) is 0 Å².